The average Bonchev–Trinajstić information content (AvgIpc) is 3.26. The number of carbonyl (C=O) groups excluding carboxylic acids is 1. The number of fused-ring (bicyclic) bond motifs is 1. The summed E-state index contributed by atoms with van der Waals surface area (Å²) >= 11 is 0. The van der Waals surface area contributed by atoms with E-state index >= 15 is 0 Å². The van der Waals surface area contributed by atoms with E-state index in [1.54, 1.807) is 27.8 Å². The number of nitrogens with zero attached hydrogens (tertiary/aromatic N) is 5. The fourth-order valence-corrected chi connectivity index (χ4v) is 2.88. The van der Waals surface area contributed by atoms with Crippen LogP contribution in [-0.4, -0.2) is 30.5 Å². The Hall–Kier alpha value is -3.74. The summed E-state index contributed by atoms with van der Waals surface area (Å²) in [5.74, 6) is -0.231. The fraction of sp³-hybridized carbons (Fsp3) is 0.100. The van der Waals surface area contributed by atoms with Crippen LogP contribution in [0.15, 0.2) is 61.1 Å². The first kappa shape index (κ1) is 16.7. The van der Waals surface area contributed by atoms with Crippen LogP contribution >= 0.6 is 0 Å². The highest BCUT2D eigenvalue weighted by atomic mass is 16.1. The Bertz CT molecular complexity index is 1140. The normalized spacial score (nSPS) is 11.3. The summed E-state index contributed by atoms with van der Waals surface area (Å²) in [6.07, 6.45) is 8.41. The molecule has 7 heteroatoms. The van der Waals surface area contributed by atoms with Gasteiger partial charge in [-0.05, 0) is 31.2 Å². The van der Waals surface area contributed by atoms with E-state index in [-0.39, 0.29) is 5.91 Å². The van der Waals surface area contributed by atoms with E-state index in [0.717, 1.165) is 28.0 Å². The molecule has 0 fully saturated rings. The van der Waals surface area contributed by atoms with E-state index in [0.29, 0.717) is 5.69 Å². The zero-order valence-electron chi connectivity index (χ0n) is 15.0. The Balaban J connectivity index is 1.46. The average molecular weight is 358 g/mol. The minimum Gasteiger partial charge on any atom is -0.321 e. The van der Waals surface area contributed by atoms with E-state index in [1.807, 2.05) is 56.6 Å². The van der Waals surface area contributed by atoms with Gasteiger partial charge in [-0.3, -0.25) is 9.48 Å². The van der Waals surface area contributed by atoms with Crippen LogP contribution in [0.1, 0.15) is 11.3 Å². The number of hydrogen-bond donors (Lipinski definition) is 1. The first-order chi connectivity index (χ1) is 13.1. The standard InChI is InChI=1S/C20H18N6O/c1-14-18-10-16(12-21-20(18)25(2)24-14)23-19(27)9-8-15-11-22-26(13-15)17-6-4-3-5-7-17/h3-13H,1-2H3,(H,23,27)/b9-8+. The van der Waals surface area contributed by atoms with E-state index in [1.165, 1.54) is 6.08 Å². The van der Waals surface area contributed by atoms with Gasteiger partial charge in [0.25, 0.3) is 0 Å². The highest BCUT2D eigenvalue weighted by Crippen LogP contribution is 2.19. The van der Waals surface area contributed by atoms with Gasteiger partial charge in [0, 0.05) is 30.3 Å². The summed E-state index contributed by atoms with van der Waals surface area (Å²) in [4.78, 5) is 16.6. The first-order valence-corrected chi connectivity index (χ1v) is 8.49. The summed E-state index contributed by atoms with van der Waals surface area (Å²) in [7, 11) is 1.85. The molecule has 0 aliphatic rings. The molecule has 1 N–H and O–H groups in total. The molecule has 4 rings (SSSR count). The molecule has 0 unspecified atom stereocenters. The molecule has 1 amide bonds. The van der Waals surface area contributed by atoms with E-state index in [9.17, 15) is 4.79 Å². The van der Waals surface area contributed by atoms with Gasteiger partial charge < -0.3 is 5.32 Å². The molecular formula is C20H18N6O. The molecule has 134 valence electrons. The van der Waals surface area contributed by atoms with Crippen molar-refractivity contribution in [2.24, 2.45) is 7.05 Å². The van der Waals surface area contributed by atoms with Crippen molar-refractivity contribution in [1.29, 1.82) is 0 Å². The summed E-state index contributed by atoms with van der Waals surface area (Å²) in [6.45, 7) is 1.92. The number of nitrogens with one attached hydrogen (secondary N) is 1. The molecule has 0 atom stereocenters. The Morgan fingerprint density at radius 3 is 2.81 bits per heavy atom. The first-order valence-electron chi connectivity index (χ1n) is 8.49. The second-order valence-electron chi connectivity index (χ2n) is 6.18. The smallest absolute Gasteiger partial charge is 0.248 e. The quantitative estimate of drug-likeness (QED) is 0.569. The van der Waals surface area contributed by atoms with Crippen molar-refractivity contribution in [3.63, 3.8) is 0 Å². The van der Waals surface area contributed by atoms with Crippen LogP contribution in [0, 0.1) is 6.92 Å². The molecule has 0 saturated heterocycles. The highest BCUT2D eigenvalue weighted by molar-refractivity contribution is 6.02. The molecule has 0 saturated carbocycles. The molecule has 0 aliphatic heterocycles. The van der Waals surface area contributed by atoms with Crippen molar-refractivity contribution in [2.45, 2.75) is 6.92 Å². The maximum absolute atomic E-state index is 12.2. The largest absolute Gasteiger partial charge is 0.321 e. The van der Waals surface area contributed by atoms with Crippen LogP contribution in [0.2, 0.25) is 0 Å². The molecule has 7 nitrogen and oxygen atoms in total. The second-order valence-corrected chi connectivity index (χ2v) is 6.18. The van der Waals surface area contributed by atoms with Gasteiger partial charge >= 0.3 is 0 Å². The number of benzene rings is 1. The number of aryl methyl sites for hydroxylation is 2. The number of amides is 1. The minimum atomic E-state index is -0.231. The lowest BCUT2D eigenvalue weighted by Gasteiger charge is -2.02. The van der Waals surface area contributed by atoms with Gasteiger partial charge in [-0.25, -0.2) is 9.67 Å². The van der Waals surface area contributed by atoms with Crippen LogP contribution < -0.4 is 5.32 Å². The Morgan fingerprint density at radius 1 is 1.19 bits per heavy atom. The maximum Gasteiger partial charge on any atom is 0.248 e. The van der Waals surface area contributed by atoms with Gasteiger partial charge in [-0.1, -0.05) is 18.2 Å². The predicted octanol–water partition coefficient (Wildman–Crippen LogP) is 3.11. The molecule has 1 aromatic carbocycles. The van der Waals surface area contributed by atoms with Crippen LogP contribution in [0.3, 0.4) is 0 Å². The van der Waals surface area contributed by atoms with Gasteiger partial charge in [0.2, 0.25) is 5.91 Å². The van der Waals surface area contributed by atoms with Crippen molar-refractivity contribution in [2.75, 3.05) is 5.32 Å². The molecule has 3 aromatic heterocycles. The van der Waals surface area contributed by atoms with Crippen molar-refractivity contribution in [3.8, 4) is 5.69 Å². The van der Waals surface area contributed by atoms with Crippen LogP contribution in [0.5, 0.6) is 0 Å². The van der Waals surface area contributed by atoms with Crippen LogP contribution in [0.4, 0.5) is 5.69 Å². The zero-order valence-corrected chi connectivity index (χ0v) is 15.0. The summed E-state index contributed by atoms with van der Waals surface area (Å²) < 4.78 is 3.49. The number of pyridine rings is 1. The third-order valence-corrected chi connectivity index (χ3v) is 4.18. The summed E-state index contributed by atoms with van der Waals surface area (Å²) in [5.41, 5.74) is 4.10. The molecule has 4 aromatic rings. The van der Waals surface area contributed by atoms with Crippen molar-refractivity contribution in [1.82, 2.24) is 24.5 Å². The molecule has 0 spiro atoms. The number of carbonyl (C=O) groups is 1. The van der Waals surface area contributed by atoms with Gasteiger partial charge in [-0.2, -0.15) is 10.2 Å². The van der Waals surface area contributed by atoms with Crippen molar-refractivity contribution < 1.29 is 4.79 Å². The third kappa shape index (κ3) is 3.48. The number of aromatic nitrogens is 5. The molecule has 27 heavy (non-hydrogen) atoms. The molecule has 0 bridgehead atoms. The number of para-hydroxylation sites is 1. The molecule has 3 heterocycles. The topological polar surface area (TPSA) is 77.6 Å². The molecule has 0 aliphatic carbocycles. The summed E-state index contributed by atoms with van der Waals surface area (Å²) in [6, 6.07) is 11.7. The van der Waals surface area contributed by atoms with Crippen molar-refractivity contribution in [3.05, 3.63) is 72.3 Å². The van der Waals surface area contributed by atoms with Gasteiger partial charge in [0.05, 0.1) is 29.5 Å². The van der Waals surface area contributed by atoms with Gasteiger partial charge in [0.15, 0.2) is 5.65 Å². The molecular weight excluding hydrogens is 340 g/mol. The van der Waals surface area contributed by atoms with Gasteiger partial charge in [0.1, 0.15) is 0 Å². The highest BCUT2D eigenvalue weighted by Gasteiger charge is 2.08. The minimum absolute atomic E-state index is 0.231. The van der Waals surface area contributed by atoms with E-state index in [2.05, 4.69) is 20.5 Å². The zero-order chi connectivity index (χ0) is 18.8. The lowest BCUT2D eigenvalue weighted by Crippen LogP contribution is -2.08. The number of rotatable bonds is 4. The van der Waals surface area contributed by atoms with E-state index in [4.69, 9.17) is 0 Å². The lowest BCUT2D eigenvalue weighted by molar-refractivity contribution is -0.111. The predicted molar refractivity (Wildman–Crippen MR) is 104 cm³/mol. The monoisotopic (exact) mass is 358 g/mol. The Labute approximate surface area is 156 Å². The van der Waals surface area contributed by atoms with E-state index < -0.39 is 0 Å². The molecule has 0 radical (unpaired) electrons. The van der Waals surface area contributed by atoms with Crippen LogP contribution in [-0.2, 0) is 11.8 Å². The third-order valence-electron chi connectivity index (χ3n) is 4.18. The maximum atomic E-state index is 12.2. The lowest BCUT2D eigenvalue weighted by atomic mass is 10.2. The Morgan fingerprint density at radius 2 is 2.00 bits per heavy atom. The SMILES string of the molecule is Cc1nn(C)c2ncc(NC(=O)/C=C/c3cnn(-c4ccccc4)c3)cc12. The number of anilines is 1. The van der Waals surface area contributed by atoms with Crippen LogP contribution in [0.25, 0.3) is 22.8 Å². The second kappa shape index (κ2) is 6.87. The summed E-state index contributed by atoms with van der Waals surface area (Å²) in [5, 5.41) is 12.4. The fourth-order valence-electron chi connectivity index (χ4n) is 2.88. The van der Waals surface area contributed by atoms with Crippen molar-refractivity contribution >= 4 is 28.7 Å². The number of hydrogen-bond acceptors (Lipinski definition) is 4. The Kier molecular flexibility index (Phi) is 4.25. The van der Waals surface area contributed by atoms with Gasteiger partial charge in [-0.15, -0.1) is 0 Å².